The second kappa shape index (κ2) is 6.16. The van der Waals surface area contributed by atoms with E-state index in [1.54, 1.807) is 0 Å². The first kappa shape index (κ1) is 14.5. The molecule has 110 valence electrons. The molecule has 1 unspecified atom stereocenters. The smallest absolute Gasteiger partial charge is 0.137 e. The Morgan fingerprint density at radius 2 is 2.10 bits per heavy atom. The van der Waals surface area contributed by atoms with Crippen LogP contribution in [-0.2, 0) is 13.1 Å². The number of fused-ring (bicyclic) bond motifs is 1. The molecule has 2 aromatic rings. The second-order valence-electron chi connectivity index (χ2n) is 5.54. The minimum Gasteiger partial charge on any atom is -0.365 e. The van der Waals surface area contributed by atoms with Gasteiger partial charge in [0.05, 0.1) is 4.47 Å². The first-order valence-electron chi connectivity index (χ1n) is 7.13. The van der Waals surface area contributed by atoms with Gasteiger partial charge in [-0.2, -0.15) is 0 Å². The Bertz CT molecular complexity index is 644. The molecule has 1 aliphatic heterocycles. The Hall–Kier alpha value is -1.39. The Labute approximate surface area is 133 Å². The third-order valence-corrected chi connectivity index (χ3v) is 4.43. The molecule has 0 aromatic heterocycles. The number of hydrogen-bond acceptors (Lipinski definition) is 2. The largest absolute Gasteiger partial charge is 0.365 e. The summed E-state index contributed by atoms with van der Waals surface area (Å²) < 4.78 is 13.9. The fraction of sp³-hybridized carbons (Fsp3) is 0.294. The highest BCUT2D eigenvalue weighted by atomic mass is 79.9. The number of para-hydroxylation sites is 1. The minimum atomic E-state index is -0.218. The van der Waals surface area contributed by atoms with Gasteiger partial charge in [-0.05, 0) is 52.2 Å². The third-order valence-electron chi connectivity index (χ3n) is 3.82. The van der Waals surface area contributed by atoms with Crippen molar-refractivity contribution in [1.82, 2.24) is 5.32 Å². The van der Waals surface area contributed by atoms with E-state index in [1.165, 1.54) is 17.3 Å². The average Bonchev–Trinajstić information content (AvgIpc) is 2.63. The highest BCUT2D eigenvalue weighted by Gasteiger charge is 2.18. The monoisotopic (exact) mass is 348 g/mol. The van der Waals surface area contributed by atoms with Crippen LogP contribution in [0.5, 0.6) is 0 Å². The zero-order chi connectivity index (χ0) is 14.8. The lowest BCUT2D eigenvalue weighted by Gasteiger charge is -2.26. The highest BCUT2D eigenvalue weighted by Crippen LogP contribution is 2.26. The molecule has 0 radical (unpaired) electrons. The molecule has 4 heteroatoms. The van der Waals surface area contributed by atoms with E-state index in [0.29, 0.717) is 10.5 Å². The molecule has 0 aliphatic carbocycles. The van der Waals surface area contributed by atoms with E-state index < -0.39 is 0 Å². The zero-order valence-corrected chi connectivity index (χ0v) is 13.5. The molecule has 2 aromatic carbocycles. The predicted octanol–water partition coefficient (Wildman–Crippen LogP) is 4.09. The third kappa shape index (κ3) is 3.27. The molecule has 2 nitrogen and oxygen atoms in total. The van der Waals surface area contributed by atoms with E-state index in [2.05, 4.69) is 57.3 Å². The fourth-order valence-electron chi connectivity index (χ4n) is 2.75. The summed E-state index contributed by atoms with van der Waals surface area (Å²) >= 11 is 3.26. The van der Waals surface area contributed by atoms with Gasteiger partial charge in [-0.25, -0.2) is 4.39 Å². The number of rotatable bonds is 2. The molecule has 0 fully saturated rings. The summed E-state index contributed by atoms with van der Waals surface area (Å²) in [7, 11) is 0. The summed E-state index contributed by atoms with van der Waals surface area (Å²) in [6.07, 6.45) is 0. The van der Waals surface area contributed by atoms with Crippen molar-refractivity contribution in [3.63, 3.8) is 0 Å². The molecule has 0 saturated heterocycles. The predicted molar refractivity (Wildman–Crippen MR) is 87.9 cm³/mol. The Morgan fingerprint density at radius 1 is 1.29 bits per heavy atom. The van der Waals surface area contributed by atoms with Crippen LogP contribution in [0.3, 0.4) is 0 Å². The van der Waals surface area contributed by atoms with E-state index in [1.807, 2.05) is 12.1 Å². The number of benzene rings is 2. The van der Waals surface area contributed by atoms with Gasteiger partial charge < -0.3 is 10.2 Å². The molecule has 3 rings (SSSR count). The van der Waals surface area contributed by atoms with Crippen LogP contribution in [-0.4, -0.2) is 12.6 Å². The van der Waals surface area contributed by atoms with Crippen molar-refractivity contribution < 1.29 is 4.39 Å². The van der Waals surface area contributed by atoms with Crippen LogP contribution in [0.25, 0.3) is 0 Å². The molecule has 1 N–H and O–H groups in total. The number of anilines is 1. The standard InChI is InChI=1S/C17H18BrFN2/c1-12-10-21(11-13-6-7-16(19)15(18)8-13)17-5-3-2-4-14(17)9-20-12/h2-8,12,20H,9-11H2,1H3. The molecule has 0 saturated carbocycles. The topological polar surface area (TPSA) is 15.3 Å². The first-order valence-corrected chi connectivity index (χ1v) is 7.93. The van der Waals surface area contributed by atoms with Gasteiger partial charge in [0, 0.05) is 31.4 Å². The number of nitrogens with zero attached hydrogens (tertiary/aromatic N) is 1. The van der Waals surface area contributed by atoms with Crippen LogP contribution in [0.4, 0.5) is 10.1 Å². The van der Waals surface area contributed by atoms with E-state index in [-0.39, 0.29) is 5.82 Å². The normalized spacial score (nSPS) is 18.2. The van der Waals surface area contributed by atoms with Gasteiger partial charge in [-0.15, -0.1) is 0 Å². The van der Waals surface area contributed by atoms with Crippen molar-refractivity contribution in [2.24, 2.45) is 0 Å². The maximum Gasteiger partial charge on any atom is 0.137 e. The Kier molecular flexibility index (Phi) is 4.27. The minimum absolute atomic E-state index is 0.218. The van der Waals surface area contributed by atoms with Crippen molar-refractivity contribution in [3.8, 4) is 0 Å². The summed E-state index contributed by atoms with van der Waals surface area (Å²) in [4.78, 5) is 2.36. The van der Waals surface area contributed by atoms with Gasteiger partial charge in [-0.1, -0.05) is 24.3 Å². The molecule has 1 aliphatic rings. The highest BCUT2D eigenvalue weighted by molar-refractivity contribution is 9.10. The van der Waals surface area contributed by atoms with Crippen LogP contribution in [0.2, 0.25) is 0 Å². The Balaban J connectivity index is 1.90. The molecule has 1 heterocycles. The summed E-state index contributed by atoms with van der Waals surface area (Å²) in [5, 5.41) is 3.53. The summed E-state index contributed by atoms with van der Waals surface area (Å²) in [6, 6.07) is 14.1. The van der Waals surface area contributed by atoms with Crippen LogP contribution in [0.15, 0.2) is 46.9 Å². The lowest BCUT2D eigenvalue weighted by molar-refractivity contribution is 0.552. The van der Waals surface area contributed by atoms with E-state index >= 15 is 0 Å². The molecule has 1 atom stereocenters. The van der Waals surface area contributed by atoms with Gasteiger partial charge in [-0.3, -0.25) is 0 Å². The van der Waals surface area contributed by atoms with Crippen molar-refractivity contribution in [1.29, 1.82) is 0 Å². The van der Waals surface area contributed by atoms with Gasteiger partial charge in [0.2, 0.25) is 0 Å². The number of nitrogens with one attached hydrogen (secondary N) is 1. The molecular formula is C17H18BrFN2. The second-order valence-corrected chi connectivity index (χ2v) is 6.39. The lowest BCUT2D eigenvalue weighted by Crippen LogP contribution is -2.35. The summed E-state index contributed by atoms with van der Waals surface area (Å²) in [5.41, 5.74) is 3.67. The van der Waals surface area contributed by atoms with Gasteiger partial charge in [0.15, 0.2) is 0 Å². The first-order chi connectivity index (χ1) is 10.1. The molecule has 0 amide bonds. The molecule has 21 heavy (non-hydrogen) atoms. The van der Waals surface area contributed by atoms with Crippen LogP contribution >= 0.6 is 15.9 Å². The number of hydrogen-bond donors (Lipinski definition) is 1. The molecular weight excluding hydrogens is 331 g/mol. The lowest BCUT2D eigenvalue weighted by atomic mass is 10.1. The van der Waals surface area contributed by atoms with Crippen LogP contribution in [0, 0.1) is 5.82 Å². The van der Waals surface area contributed by atoms with Crippen molar-refractivity contribution in [2.75, 3.05) is 11.4 Å². The SMILES string of the molecule is CC1CN(Cc2ccc(F)c(Br)c2)c2ccccc2CN1. The maximum atomic E-state index is 13.4. The zero-order valence-electron chi connectivity index (χ0n) is 11.9. The van der Waals surface area contributed by atoms with Crippen molar-refractivity contribution in [3.05, 3.63) is 63.9 Å². The number of halogens is 2. The van der Waals surface area contributed by atoms with Gasteiger partial charge in [0.25, 0.3) is 0 Å². The van der Waals surface area contributed by atoms with Crippen molar-refractivity contribution >= 4 is 21.6 Å². The maximum absolute atomic E-state index is 13.4. The van der Waals surface area contributed by atoms with Crippen molar-refractivity contribution in [2.45, 2.75) is 26.1 Å². The van der Waals surface area contributed by atoms with Gasteiger partial charge >= 0.3 is 0 Å². The molecule has 0 spiro atoms. The Morgan fingerprint density at radius 3 is 2.90 bits per heavy atom. The van der Waals surface area contributed by atoms with E-state index in [4.69, 9.17) is 0 Å². The summed E-state index contributed by atoms with van der Waals surface area (Å²) in [5.74, 6) is -0.218. The summed E-state index contributed by atoms with van der Waals surface area (Å²) in [6.45, 7) is 4.80. The van der Waals surface area contributed by atoms with Crippen LogP contribution < -0.4 is 10.2 Å². The quantitative estimate of drug-likeness (QED) is 0.879. The van der Waals surface area contributed by atoms with E-state index in [9.17, 15) is 4.39 Å². The molecule has 0 bridgehead atoms. The van der Waals surface area contributed by atoms with E-state index in [0.717, 1.165) is 25.2 Å². The van der Waals surface area contributed by atoms with Gasteiger partial charge in [0.1, 0.15) is 5.82 Å². The average molecular weight is 349 g/mol. The fourth-order valence-corrected chi connectivity index (χ4v) is 3.18. The van der Waals surface area contributed by atoms with Crippen LogP contribution in [0.1, 0.15) is 18.1 Å².